The van der Waals surface area contributed by atoms with Crippen LogP contribution in [0, 0.1) is 23.2 Å². The molecule has 1 aromatic carbocycles. The van der Waals surface area contributed by atoms with Crippen molar-refractivity contribution >= 4 is 12.6 Å². The van der Waals surface area contributed by atoms with Crippen molar-refractivity contribution in [2.45, 2.75) is 56.9 Å². The second-order valence-corrected chi connectivity index (χ2v) is 8.18. The molecule has 3 rings (SSSR count). The molecule has 1 saturated carbocycles. The summed E-state index contributed by atoms with van der Waals surface area (Å²) in [5, 5.41) is 12.4. The highest BCUT2D eigenvalue weighted by atomic mass is 16.5. The van der Waals surface area contributed by atoms with Crippen LogP contribution in [0.1, 0.15) is 55.6 Å². The molecule has 1 heterocycles. The molecule has 150 valence electrons. The Hall–Kier alpha value is -2.19. The molecule has 1 saturated heterocycles. The highest BCUT2D eigenvalue weighted by Gasteiger charge is 2.25. The Morgan fingerprint density at radius 3 is 2.64 bits per heavy atom. The molecule has 0 bridgehead atoms. The highest BCUT2D eigenvalue weighted by Crippen LogP contribution is 2.30. The summed E-state index contributed by atoms with van der Waals surface area (Å²) in [6.45, 7) is 5.70. The monoisotopic (exact) mass is 381 g/mol. The van der Waals surface area contributed by atoms with E-state index in [2.05, 4.69) is 47.4 Å². The standard InChI is InChI=1S/C23H31N3O2/c1-25-22-7-4-18(13-22)14-23(27)26-16-19(15-24)12-17-2-5-20(6-3-17)21-8-10-28-11-9-21/h2-3,5-6,18-19,21-22H,1,4,7-14,16H2,(H,26,27)/t18-,19?,22+/m0/s1. The SMILES string of the molecule is C=N[C@@H]1CC[C@H](CC(=O)NCC(C#N)Cc2ccc(C3CCOCC3)cc2)C1. The van der Waals surface area contributed by atoms with Gasteiger partial charge in [0, 0.05) is 32.2 Å². The van der Waals surface area contributed by atoms with Crippen LogP contribution in [0.15, 0.2) is 29.3 Å². The average Bonchev–Trinajstić information content (AvgIpc) is 3.19. The Bertz CT molecular complexity index is 689. The number of carbonyl (C=O) groups excluding carboxylic acids is 1. The van der Waals surface area contributed by atoms with E-state index in [1.807, 2.05) is 0 Å². The molecule has 0 aromatic heterocycles. The van der Waals surface area contributed by atoms with Crippen LogP contribution in [0.25, 0.3) is 0 Å². The van der Waals surface area contributed by atoms with Crippen molar-refractivity contribution in [2.75, 3.05) is 19.8 Å². The summed E-state index contributed by atoms with van der Waals surface area (Å²) in [5.74, 6) is 0.822. The first-order chi connectivity index (χ1) is 13.7. The quantitative estimate of drug-likeness (QED) is 0.699. The van der Waals surface area contributed by atoms with Crippen molar-refractivity contribution in [3.63, 3.8) is 0 Å². The Morgan fingerprint density at radius 1 is 1.25 bits per heavy atom. The fraction of sp³-hybridized carbons (Fsp3) is 0.609. The van der Waals surface area contributed by atoms with Crippen molar-refractivity contribution in [1.82, 2.24) is 5.32 Å². The summed E-state index contributed by atoms with van der Waals surface area (Å²) >= 11 is 0. The van der Waals surface area contributed by atoms with E-state index in [0.29, 0.717) is 37.3 Å². The molecule has 2 aliphatic rings. The van der Waals surface area contributed by atoms with E-state index in [1.54, 1.807) is 0 Å². The number of aliphatic imine (C=N–C) groups is 1. The van der Waals surface area contributed by atoms with Gasteiger partial charge in [-0.2, -0.15) is 5.26 Å². The lowest BCUT2D eigenvalue weighted by atomic mass is 9.90. The maximum absolute atomic E-state index is 12.2. The van der Waals surface area contributed by atoms with Gasteiger partial charge in [0.2, 0.25) is 5.91 Å². The zero-order valence-electron chi connectivity index (χ0n) is 16.6. The van der Waals surface area contributed by atoms with Crippen molar-refractivity contribution < 1.29 is 9.53 Å². The molecule has 28 heavy (non-hydrogen) atoms. The van der Waals surface area contributed by atoms with Crippen molar-refractivity contribution in [3.8, 4) is 6.07 Å². The molecule has 1 aliphatic carbocycles. The minimum absolute atomic E-state index is 0.0461. The molecule has 5 nitrogen and oxygen atoms in total. The third-order valence-corrected chi connectivity index (χ3v) is 6.13. The Labute approximate surface area is 168 Å². The first-order valence-electron chi connectivity index (χ1n) is 10.5. The summed E-state index contributed by atoms with van der Waals surface area (Å²) in [7, 11) is 0. The number of nitrogens with zero attached hydrogens (tertiary/aromatic N) is 2. The number of amides is 1. The van der Waals surface area contributed by atoms with Crippen LogP contribution in [0.3, 0.4) is 0 Å². The maximum atomic E-state index is 12.2. The van der Waals surface area contributed by atoms with E-state index in [0.717, 1.165) is 50.9 Å². The van der Waals surface area contributed by atoms with Gasteiger partial charge in [-0.15, -0.1) is 0 Å². The van der Waals surface area contributed by atoms with E-state index in [1.165, 1.54) is 5.56 Å². The summed E-state index contributed by atoms with van der Waals surface area (Å²) in [5.41, 5.74) is 2.50. The largest absolute Gasteiger partial charge is 0.381 e. The average molecular weight is 382 g/mol. The van der Waals surface area contributed by atoms with Crippen molar-refractivity contribution in [1.29, 1.82) is 5.26 Å². The maximum Gasteiger partial charge on any atom is 0.220 e. The van der Waals surface area contributed by atoms with E-state index in [4.69, 9.17) is 4.74 Å². The van der Waals surface area contributed by atoms with Crippen LogP contribution in [-0.4, -0.2) is 38.4 Å². The zero-order chi connectivity index (χ0) is 19.8. The van der Waals surface area contributed by atoms with Crippen LogP contribution in [0.4, 0.5) is 0 Å². The zero-order valence-corrected chi connectivity index (χ0v) is 16.6. The minimum atomic E-state index is -0.205. The van der Waals surface area contributed by atoms with Crippen LogP contribution in [0.5, 0.6) is 0 Å². The van der Waals surface area contributed by atoms with Gasteiger partial charge in [0.25, 0.3) is 0 Å². The van der Waals surface area contributed by atoms with Crippen LogP contribution in [0.2, 0.25) is 0 Å². The van der Waals surface area contributed by atoms with Crippen molar-refractivity contribution in [3.05, 3.63) is 35.4 Å². The lowest BCUT2D eigenvalue weighted by Gasteiger charge is -2.22. The third kappa shape index (κ3) is 5.90. The van der Waals surface area contributed by atoms with E-state index >= 15 is 0 Å². The molecule has 1 unspecified atom stereocenters. The smallest absolute Gasteiger partial charge is 0.220 e. The van der Waals surface area contributed by atoms with Crippen LogP contribution < -0.4 is 5.32 Å². The molecular weight excluding hydrogens is 350 g/mol. The van der Waals surface area contributed by atoms with Gasteiger partial charge in [0.15, 0.2) is 0 Å². The van der Waals surface area contributed by atoms with Gasteiger partial charge in [-0.05, 0) is 68.2 Å². The molecule has 1 amide bonds. The normalized spacial score (nSPS) is 23.7. The van der Waals surface area contributed by atoms with Gasteiger partial charge in [0.1, 0.15) is 0 Å². The number of carbonyl (C=O) groups is 1. The number of ether oxygens (including phenoxy) is 1. The Morgan fingerprint density at radius 2 is 2.00 bits per heavy atom. The molecular formula is C23H31N3O2. The number of nitriles is 1. The summed E-state index contributed by atoms with van der Waals surface area (Å²) in [4.78, 5) is 16.3. The van der Waals surface area contributed by atoms with Crippen LogP contribution >= 0.6 is 0 Å². The molecule has 0 spiro atoms. The molecule has 1 N–H and O–H groups in total. The lowest BCUT2D eigenvalue weighted by Crippen LogP contribution is -2.30. The highest BCUT2D eigenvalue weighted by molar-refractivity contribution is 5.76. The molecule has 2 fully saturated rings. The summed E-state index contributed by atoms with van der Waals surface area (Å²) in [6.07, 6.45) is 6.39. The Balaban J connectivity index is 1.43. The first kappa shape index (κ1) is 20.5. The van der Waals surface area contributed by atoms with E-state index in [-0.39, 0.29) is 11.8 Å². The fourth-order valence-corrected chi connectivity index (χ4v) is 4.38. The number of benzene rings is 1. The van der Waals surface area contributed by atoms with E-state index in [9.17, 15) is 10.1 Å². The van der Waals surface area contributed by atoms with Gasteiger partial charge in [-0.1, -0.05) is 24.3 Å². The second kappa shape index (κ2) is 10.4. The first-order valence-corrected chi connectivity index (χ1v) is 10.5. The van der Waals surface area contributed by atoms with Gasteiger partial charge >= 0.3 is 0 Å². The summed E-state index contributed by atoms with van der Waals surface area (Å²) < 4.78 is 5.43. The number of nitrogens with one attached hydrogen (secondary N) is 1. The molecule has 1 aromatic rings. The molecule has 3 atom stereocenters. The Kier molecular flexibility index (Phi) is 7.62. The lowest BCUT2D eigenvalue weighted by molar-refractivity contribution is -0.122. The number of hydrogen-bond acceptors (Lipinski definition) is 4. The van der Waals surface area contributed by atoms with Crippen molar-refractivity contribution in [2.24, 2.45) is 16.8 Å². The summed E-state index contributed by atoms with van der Waals surface area (Å²) in [6, 6.07) is 11.3. The predicted molar refractivity (Wildman–Crippen MR) is 110 cm³/mol. The van der Waals surface area contributed by atoms with Gasteiger partial charge in [-0.3, -0.25) is 9.79 Å². The number of rotatable bonds is 8. The molecule has 1 aliphatic heterocycles. The van der Waals surface area contributed by atoms with Gasteiger partial charge in [-0.25, -0.2) is 0 Å². The fourth-order valence-electron chi connectivity index (χ4n) is 4.38. The second-order valence-electron chi connectivity index (χ2n) is 8.18. The topological polar surface area (TPSA) is 74.5 Å². The minimum Gasteiger partial charge on any atom is -0.381 e. The molecule has 5 heteroatoms. The van der Waals surface area contributed by atoms with Crippen LogP contribution in [-0.2, 0) is 16.0 Å². The number of hydrogen-bond donors (Lipinski definition) is 1. The van der Waals surface area contributed by atoms with Gasteiger partial charge in [0.05, 0.1) is 12.0 Å². The molecule has 0 radical (unpaired) electrons. The van der Waals surface area contributed by atoms with Gasteiger partial charge < -0.3 is 10.1 Å². The van der Waals surface area contributed by atoms with E-state index < -0.39 is 0 Å². The predicted octanol–water partition coefficient (Wildman–Crippen LogP) is 3.64. The third-order valence-electron chi connectivity index (χ3n) is 6.13.